The van der Waals surface area contributed by atoms with Crippen molar-refractivity contribution in [3.8, 4) is 0 Å². The zero-order chi connectivity index (χ0) is 12.9. The molecule has 4 heteroatoms. The smallest absolute Gasteiger partial charge is 0.126 e. The fraction of sp³-hybridized carbons (Fsp3) is 0.538. The van der Waals surface area contributed by atoms with Gasteiger partial charge < -0.3 is 10.4 Å². The number of aliphatic hydroxyl groups is 1. The Morgan fingerprint density at radius 1 is 1.24 bits per heavy atom. The van der Waals surface area contributed by atoms with Crippen LogP contribution >= 0.6 is 0 Å². The molecule has 1 aromatic carbocycles. The maximum Gasteiger partial charge on any atom is 0.126 e. The summed E-state index contributed by atoms with van der Waals surface area (Å²) in [5.74, 6) is -1.16. The molecule has 17 heavy (non-hydrogen) atoms. The first kappa shape index (κ1) is 14.1. The van der Waals surface area contributed by atoms with Crippen molar-refractivity contribution in [2.24, 2.45) is 0 Å². The van der Waals surface area contributed by atoms with E-state index in [1.54, 1.807) is 6.92 Å². The highest BCUT2D eigenvalue weighted by Crippen LogP contribution is 2.11. The van der Waals surface area contributed by atoms with E-state index in [9.17, 15) is 13.9 Å². The number of nitrogens with one attached hydrogen (secondary N) is 1. The Morgan fingerprint density at radius 2 is 1.82 bits per heavy atom. The summed E-state index contributed by atoms with van der Waals surface area (Å²) in [7, 11) is 0. The molecule has 1 rings (SSSR count). The van der Waals surface area contributed by atoms with Crippen LogP contribution in [-0.4, -0.2) is 17.3 Å². The van der Waals surface area contributed by atoms with Crippen molar-refractivity contribution in [2.75, 3.05) is 6.54 Å². The van der Waals surface area contributed by atoms with Gasteiger partial charge >= 0.3 is 0 Å². The Morgan fingerprint density at radius 3 is 2.35 bits per heavy atom. The van der Waals surface area contributed by atoms with E-state index in [0.717, 1.165) is 12.5 Å². The number of hydrogen-bond acceptors (Lipinski definition) is 2. The van der Waals surface area contributed by atoms with Gasteiger partial charge in [0.1, 0.15) is 11.6 Å². The molecule has 1 aromatic rings. The molecule has 1 atom stereocenters. The summed E-state index contributed by atoms with van der Waals surface area (Å²) in [5.41, 5.74) is -0.240. The highest BCUT2D eigenvalue weighted by molar-refractivity contribution is 5.17. The van der Waals surface area contributed by atoms with Crippen molar-refractivity contribution in [1.29, 1.82) is 0 Å². The molecule has 96 valence electrons. The van der Waals surface area contributed by atoms with Crippen molar-refractivity contribution in [2.45, 2.75) is 38.8 Å². The molecular formula is C13H19F2NO. The van der Waals surface area contributed by atoms with Crippen molar-refractivity contribution in [3.05, 3.63) is 35.4 Å². The van der Waals surface area contributed by atoms with Crippen molar-refractivity contribution in [3.63, 3.8) is 0 Å². The molecule has 0 aliphatic rings. The van der Waals surface area contributed by atoms with Crippen LogP contribution in [-0.2, 0) is 6.54 Å². The van der Waals surface area contributed by atoms with E-state index in [4.69, 9.17) is 0 Å². The summed E-state index contributed by atoms with van der Waals surface area (Å²) < 4.78 is 25.8. The van der Waals surface area contributed by atoms with E-state index in [1.165, 1.54) is 12.1 Å². The molecule has 0 saturated carbocycles. The third-order valence-electron chi connectivity index (χ3n) is 2.55. The summed E-state index contributed by atoms with van der Waals surface area (Å²) in [6.45, 7) is 4.49. The molecule has 0 radical (unpaired) electrons. The topological polar surface area (TPSA) is 32.3 Å². The standard InChI is InChI=1S/C13H19F2NO/c1-3-4-13(2,17)9-16-8-10-5-11(14)7-12(15)6-10/h5-7,16-17H,3-4,8-9H2,1-2H3. The van der Waals surface area contributed by atoms with Crippen LogP contribution in [0, 0.1) is 11.6 Å². The minimum Gasteiger partial charge on any atom is -0.389 e. The second-order valence-electron chi connectivity index (χ2n) is 4.63. The van der Waals surface area contributed by atoms with Crippen LogP contribution in [0.15, 0.2) is 18.2 Å². The molecule has 2 N–H and O–H groups in total. The minimum absolute atomic E-state index is 0.342. The number of hydrogen-bond donors (Lipinski definition) is 2. The van der Waals surface area contributed by atoms with E-state index < -0.39 is 17.2 Å². The monoisotopic (exact) mass is 243 g/mol. The molecule has 2 nitrogen and oxygen atoms in total. The van der Waals surface area contributed by atoms with Gasteiger partial charge in [0.15, 0.2) is 0 Å². The van der Waals surface area contributed by atoms with E-state index in [0.29, 0.717) is 25.1 Å². The van der Waals surface area contributed by atoms with Crippen LogP contribution < -0.4 is 5.32 Å². The van der Waals surface area contributed by atoms with E-state index in [-0.39, 0.29) is 0 Å². The molecular weight excluding hydrogens is 224 g/mol. The van der Waals surface area contributed by atoms with Gasteiger partial charge in [-0.15, -0.1) is 0 Å². The summed E-state index contributed by atoms with van der Waals surface area (Å²) in [6, 6.07) is 3.41. The van der Waals surface area contributed by atoms with Gasteiger partial charge in [0.2, 0.25) is 0 Å². The Kier molecular flexibility index (Phi) is 5.02. The first-order chi connectivity index (χ1) is 7.93. The molecule has 0 aliphatic carbocycles. The van der Waals surface area contributed by atoms with Crippen LogP contribution in [0.5, 0.6) is 0 Å². The van der Waals surface area contributed by atoms with Crippen LogP contribution in [0.25, 0.3) is 0 Å². The minimum atomic E-state index is -0.777. The molecule has 0 fully saturated rings. The first-order valence-corrected chi connectivity index (χ1v) is 5.81. The second-order valence-corrected chi connectivity index (χ2v) is 4.63. The molecule has 0 spiro atoms. The largest absolute Gasteiger partial charge is 0.389 e. The molecule has 0 bridgehead atoms. The lowest BCUT2D eigenvalue weighted by atomic mass is 10.0. The fourth-order valence-electron chi connectivity index (χ4n) is 1.82. The Balaban J connectivity index is 2.45. The normalized spacial score (nSPS) is 14.6. The van der Waals surface area contributed by atoms with Crippen molar-refractivity contribution >= 4 is 0 Å². The molecule has 0 aromatic heterocycles. The van der Waals surface area contributed by atoms with Crippen LogP contribution in [0.4, 0.5) is 8.78 Å². The van der Waals surface area contributed by atoms with Gasteiger partial charge in [0.05, 0.1) is 5.60 Å². The molecule has 0 amide bonds. The predicted molar refractivity (Wildman–Crippen MR) is 63.6 cm³/mol. The van der Waals surface area contributed by atoms with Gasteiger partial charge in [-0.25, -0.2) is 8.78 Å². The third-order valence-corrected chi connectivity index (χ3v) is 2.55. The number of halogens is 2. The van der Waals surface area contributed by atoms with E-state index in [1.807, 2.05) is 6.92 Å². The summed E-state index contributed by atoms with van der Waals surface area (Å²) >= 11 is 0. The lowest BCUT2D eigenvalue weighted by Gasteiger charge is -2.23. The Hall–Kier alpha value is -1.00. The Labute approximate surface area is 101 Å². The van der Waals surface area contributed by atoms with E-state index in [2.05, 4.69) is 5.32 Å². The van der Waals surface area contributed by atoms with E-state index >= 15 is 0 Å². The van der Waals surface area contributed by atoms with Gasteiger partial charge in [-0.05, 0) is 31.0 Å². The SMILES string of the molecule is CCCC(C)(O)CNCc1cc(F)cc(F)c1. The van der Waals surface area contributed by atoms with Crippen molar-refractivity contribution < 1.29 is 13.9 Å². The molecule has 0 aliphatic heterocycles. The highest BCUT2D eigenvalue weighted by Gasteiger charge is 2.17. The maximum absolute atomic E-state index is 12.9. The lowest BCUT2D eigenvalue weighted by Crippen LogP contribution is -2.37. The lowest BCUT2D eigenvalue weighted by molar-refractivity contribution is 0.0498. The first-order valence-electron chi connectivity index (χ1n) is 5.81. The summed E-state index contributed by atoms with van der Waals surface area (Å²) in [4.78, 5) is 0. The summed E-state index contributed by atoms with van der Waals surface area (Å²) in [5, 5.41) is 12.9. The molecule has 0 saturated heterocycles. The van der Waals surface area contributed by atoms with Crippen LogP contribution in [0.2, 0.25) is 0 Å². The highest BCUT2D eigenvalue weighted by atomic mass is 19.1. The fourth-order valence-corrected chi connectivity index (χ4v) is 1.82. The van der Waals surface area contributed by atoms with Crippen LogP contribution in [0.1, 0.15) is 32.3 Å². The van der Waals surface area contributed by atoms with Gasteiger partial charge in [0, 0.05) is 19.2 Å². The molecule has 0 heterocycles. The number of benzene rings is 1. The van der Waals surface area contributed by atoms with Crippen molar-refractivity contribution in [1.82, 2.24) is 5.32 Å². The quantitative estimate of drug-likeness (QED) is 0.805. The Bertz CT molecular complexity index is 346. The zero-order valence-electron chi connectivity index (χ0n) is 10.3. The predicted octanol–water partition coefficient (Wildman–Crippen LogP) is 2.61. The zero-order valence-corrected chi connectivity index (χ0v) is 10.3. The number of rotatable bonds is 6. The van der Waals surface area contributed by atoms with Crippen LogP contribution in [0.3, 0.4) is 0 Å². The average molecular weight is 243 g/mol. The van der Waals surface area contributed by atoms with Gasteiger partial charge in [-0.1, -0.05) is 13.3 Å². The average Bonchev–Trinajstić information content (AvgIpc) is 2.15. The second kappa shape index (κ2) is 6.07. The van der Waals surface area contributed by atoms with Gasteiger partial charge in [-0.3, -0.25) is 0 Å². The van der Waals surface area contributed by atoms with Gasteiger partial charge in [0.25, 0.3) is 0 Å². The maximum atomic E-state index is 12.9. The molecule has 1 unspecified atom stereocenters. The summed E-state index contributed by atoms with van der Waals surface area (Å²) in [6.07, 6.45) is 1.58. The van der Waals surface area contributed by atoms with Gasteiger partial charge in [-0.2, -0.15) is 0 Å². The third kappa shape index (κ3) is 5.24.